The van der Waals surface area contributed by atoms with Crippen molar-refractivity contribution in [2.45, 2.75) is 13.0 Å². The van der Waals surface area contributed by atoms with Gasteiger partial charge in [-0.25, -0.2) is 4.98 Å². The van der Waals surface area contributed by atoms with Crippen LogP contribution in [0.1, 0.15) is 23.7 Å². The fourth-order valence-corrected chi connectivity index (χ4v) is 2.62. The summed E-state index contributed by atoms with van der Waals surface area (Å²) in [5, 5.41) is 5.21. The molecule has 0 aliphatic carbocycles. The molecular formula is C13H17N3O2S. The van der Waals surface area contributed by atoms with E-state index in [1.54, 1.807) is 24.5 Å². The molecule has 0 amide bonds. The molecule has 0 fully saturated rings. The first-order valence-electron chi connectivity index (χ1n) is 6.12. The predicted octanol–water partition coefficient (Wildman–Crippen LogP) is 1.72. The third-order valence-corrected chi connectivity index (χ3v) is 3.64. The van der Waals surface area contributed by atoms with Crippen molar-refractivity contribution < 1.29 is 9.53 Å². The summed E-state index contributed by atoms with van der Waals surface area (Å²) < 4.78 is 6.88. The lowest BCUT2D eigenvalue weighted by molar-refractivity contribution is -0.142. The number of nitrogens with one attached hydrogen (secondary N) is 1. The molecule has 6 heteroatoms. The zero-order valence-corrected chi connectivity index (χ0v) is 11.8. The number of hydrogen-bond donors (Lipinski definition) is 1. The average Bonchev–Trinajstić information content (AvgIpc) is 3.03. The predicted molar refractivity (Wildman–Crippen MR) is 74.0 cm³/mol. The number of imidazole rings is 1. The van der Waals surface area contributed by atoms with E-state index in [9.17, 15) is 4.79 Å². The maximum absolute atomic E-state index is 11.5. The lowest BCUT2D eigenvalue weighted by Gasteiger charge is -2.16. The third kappa shape index (κ3) is 3.42. The highest BCUT2D eigenvalue weighted by atomic mass is 32.1. The number of aromatic nitrogens is 2. The second kappa shape index (κ2) is 6.49. The molecule has 0 spiro atoms. The largest absolute Gasteiger partial charge is 0.465 e. The van der Waals surface area contributed by atoms with Gasteiger partial charge in [-0.3, -0.25) is 10.1 Å². The molecule has 102 valence electrons. The van der Waals surface area contributed by atoms with Crippen molar-refractivity contribution in [3.05, 3.63) is 40.6 Å². The van der Waals surface area contributed by atoms with E-state index in [2.05, 4.69) is 10.3 Å². The van der Waals surface area contributed by atoms with Crippen LogP contribution in [0.3, 0.4) is 0 Å². The number of carbonyl (C=O) groups excluding carboxylic acids is 1. The summed E-state index contributed by atoms with van der Waals surface area (Å²) in [5.41, 5.74) is 0. The summed E-state index contributed by atoms with van der Waals surface area (Å²) in [7, 11) is 1.94. The maximum atomic E-state index is 11.5. The molecule has 0 aliphatic rings. The minimum absolute atomic E-state index is 0.0931. The van der Waals surface area contributed by atoms with Gasteiger partial charge in [-0.05, 0) is 18.4 Å². The summed E-state index contributed by atoms with van der Waals surface area (Å²) in [4.78, 5) is 16.9. The molecule has 19 heavy (non-hydrogen) atoms. The molecule has 0 bridgehead atoms. The Bertz CT molecular complexity index is 522. The third-order valence-electron chi connectivity index (χ3n) is 2.70. The monoisotopic (exact) mass is 279 g/mol. The number of rotatable bonds is 6. The fourth-order valence-electron chi connectivity index (χ4n) is 1.83. The standard InChI is InChI=1S/C13H17N3O2S/c1-3-18-11(17)9-15-12(10-5-4-8-19-10)13-14-6-7-16(13)2/h4-8,12,15H,3,9H2,1-2H3. The second-order valence-electron chi connectivity index (χ2n) is 4.03. The number of carbonyl (C=O) groups is 1. The van der Waals surface area contributed by atoms with E-state index in [0.717, 1.165) is 10.7 Å². The molecule has 2 aromatic rings. The molecule has 0 radical (unpaired) electrons. The SMILES string of the molecule is CCOC(=O)CNC(c1cccs1)c1nccn1C. The number of ether oxygens (including phenoxy) is 1. The van der Waals surface area contributed by atoms with Crippen LogP contribution in [0.25, 0.3) is 0 Å². The van der Waals surface area contributed by atoms with Gasteiger partial charge in [0.25, 0.3) is 0 Å². The van der Waals surface area contributed by atoms with E-state index in [1.807, 2.05) is 35.3 Å². The van der Waals surface area contributed by atoms with E-state index in [0.29, 0.717) is 6.61 Å². The molecule has 1 unspecified atom stereocenters. The van der Waals surface area contributed by atoms with Gasteiger partial charge >= 0.3 is 5.97 Å². The first-order valence-corrected chi connectivity index (χ1v) is 7.00. The number of hydrogen-bond acceptors (Lipinski definition) is 5. The van der Waals surface area contributed by atoms with Crippen LogP contribution in [-0.4, -0.2) is 28.7 Å². The summed E-state index contributed by atoms with van der Waals surface area (Å²) in [6.07, 6.45) is 3.64. The van der Waals surface area contributed by atoms with Crippen molar-refractivity contribution >= 4 is 17.3 Å². The number of thiophene rings is 1. The Morgan fingerprint density at radius 1 is 1.63 bits per heavy atom. The van der Waals surface area contributed by atoms with E-state index in [-0.39, 0.29) is 18.6 Å². The Balaban J connectivity index is 2.12. The Kier molecular flexibility index (Phi) is 4.70. The zero-order valence-electron chi connectivity index (χ0n) is 11.0. The van der Waals surface area contributed by atoms with Gasteiger partial charge in [0.15, 0.2) is 0 Å². The van der Waals surface area contributed by atoms with Crippen LogP contribution in [0.15, 0.2) is 29.9 Å². The molecular weight excluding hydrogens is 262 g/mol. The highest BCUT2D eigenvalue weighted by Gasteiger charge is 2.20. The normalized spacial score (nSPS) is 12.3. The quantitative estimate of drug-likeness (QED) is 0.818. The van der Waals surface area contributed by atoms with Crippen LogP contribution >= 0.6 is 11.3 Å². The highest BCUT2D eigenvalue weighted by molar-refractivity contribution is 7.10. The fraction of sp³-hybridized carbons (Fsp3) is 0.385. The molecule has 1 N–H and O–H groups in total. The molecule has 5 nitrogen and oxygen atoms in total. The van der Waals surface area contributed by atoms with Gasteiger partial charge in [0.05, 0.1) is 13.2 Å². The van der Waals surface area contributed by atoms with Gasteiger partial charge in [0.1, 0.15) is 11.9 Å². The van der Waals surface area contributed by atoms with Crippen molar-refractivity contribution in [1.82, 2.24) is 14.9 Å². The maximum Gasteiger partial charge on any atom is 0.319 e. The van der Waals surface area contributed by atoms with E-state index >= 15 is 0 Å². The van der Waals surface area contributed by atoms with Gasteiger partial charge in [0.2, 0.25) is 0 Å². The summed E-state index contributed by atoms with van der Waals surface area (Å²) >= 11 is 1.64. The van der Waals surface area contributed by atoms with Gasteiger partial charge < -0.3 is 9.30 Å². The van der Waals surface area contributed by atoms with Crippen LogP contribution in [-0.2, 0) is 16.6 Å². The molecule has 0 saturated carbocycles. The van der Waals surface area contributed by atoms with Crippen molar-refractivity contribution in [3.63, 3.8) is 0 Å². The van der Waals surface area contributed by atoms with Gasteiger partial charge in [0, 0.05) is 24.3 Å². The molecule has 1 atom stereocenters. The topological polar surface area (TPSA) is 56.1 Å². The smallest absolute Gasteiger partial charge is 0.319 e. The van der Waals surface area contributed by atoms with Crippen LogP contribution in [0.4, 0.5) is 0 Å². The zero-order chi connectivity index (χ0) is 13.7. The van der Waals surface area contributed by atoms with Gasteiger partial charge in [-0.1, -0.05) is 6.07 Å². The highest BCUT2D eigenvalue weighted by Crippen LogP contribution is 2.24. The Morgan fingerprint density at radius 3 is 3.05 bits per heavy atom. The molecule has 0 saturated heterocycles. The molecule has 0 aromatic carbocycles. The number of esters is 1. The lowest BCUT2D eigenvalue weighted by Crippen LogP contribution is -2.30. The summed E-state index contributed by atoms with van der Waals surface area (Å²) in [6.45, 7) is 2.36. The number of aryl methyl sites for hydroxylation is 1. The lowest BCUT2D eigenvalue weighted by atomic mass is 10.2. The average molecular weight is 279 g/mol. The molecule has 2 aromatic heterocycles. The van der Waals surface area contributed by atoms with E-state index in [1.165, 1.54) is 0 Å². The Morgan fingerprint density at radius 2 is 2.47 bits per heavy atom. The van der Waals surface area contributed by atoms with Gasteiger partial charge in [-0.15, -0.1) is 11.3 Å². The second-order valence-corrected chi connectivity index (χ2v) is 5.01. The van der Waals surface area contributed by atoms with Gasteiger partial charge in [-0.2, -0.15) is 0 Å². The molecule has 2 rings (SSSR count). The summed E-state index contributed by atoms with van der Waals surface area (Å²) in [6, 6.07) is 3.92. The van der Waals surface area contributed by atoms with Crippen LogP contribution in [0, 0.1) is 0 Å². The van der Waals surface area contributed by atoms with Crippen molar-refractivity contribution in [1.29, 1.82) is 0 Å². The van der Waals surface area contributed by atoms with Crippen molar-refractivity contribution in [3.8, 4) is 0 Å². The Labute approximate surface area is 116 Å². The summed E-state index contributed by atoms with van der Waals surface area (Å²) in [5.74, 6) is 0.630. The van der Waals surface area contributed by atoms with Crippen molar-refractivity contribution in [2.75, 3.05) is 13.2 Å². The van der Waals surface area contributed by atoms with Crippen molar-refractivity contribution in [2.24, 2.45) is 7.05 Å². The minimum Gasteiger partial charge on any atom is -0.465 e. The first kappa shape index (κ1) is 13.8. The van der Waals surface area contributed by atoms with Crippen LogP contribution in [0.5, 0.6) is 0 Å². The first-order chi connectivity index (χ1) is 9.22. The number of nitrogens with zero attached hydrogens (tertiary/aromatic N) is 2. The molecule has 0 aliphatic heterocycles. The minimum atomic E-state index is -0.252. The van der Waals surface area contributed by atoms with E-state index < -0.39 is 0 Å². The Hall–Kier alpha value is -1.66. The van der Waals surface area contributed by atoms with Crippen LogP contribution < -0.4 is 5.32 Å². The molecule has 2 heterocycles. The van der Waals surface area contributed by atoms with Crippen LogP contribution in [0.2, 0.25) is 0 Å². The van der Waals surface area contributed by atoms with E-state index in [4.69, 9.17) is 4.74 Å².